The van der Waals surface area contributed by atoms with Crippen LogP contribution in [0.15, 0.2) is 28.8 Å². The Hall–Kier alpha value is -2.70. The minimum atomic E-state index is -0.312. The van der Waals surface area contributed by atoms with Crippen LogP contribution in [-0.4, -0.2) is 26.0 Å². The summed E-state index contributed by atoms with van der Waals surface area (Å²) in [6, 6.07) is 7.49. The Morgan fingerprint density at radius 2 is 2.04 bits per heavy atom. The van der Waals surface area contributed by atoms with Crippen molar-refractivity contribution in [1.29, 1.82) is 0 Å². The number of benzene rings is 1. The highest BCUT2D eigenvalue weighted by Gasteiger charge is 2.18. The summed E-state index contributed by atoms with van der Waals surface area (Å²) in [4.78, 5) is 24.1. The molecule has 0 aliphatic heterocycles. The third-order valence-electron chi connectivity index (χ3n) is 3.75. The summed E-state index contributed by atoms with van der Waals surface area (Å²) in [5.41, 5.74) is 1.89. The van der Waals surface area contributed by atoms with Gasteiger partial charge in [-0.2, -0.15) is 4.98 Å². The third-order valence-corrected chi connectivity index (χ3v) is 3.75. The number of nitrogens with zero attached hydrogens (tertiary/aromatic N) is 3. The van der Waals surface area contributed by atoms with Crippen LogP contribution < -0.4 is 5.32 Å². The van der Waals surface area contributed by atoms with Crippen LogP contribution in [0.5, 0.6) is 0 Å². The number of para-hydroxylation sites is 2. The molecule has 3 aromatic rings. The first kappa shape index (κ1) is 16.2. The zero-order chi connectivity index (χ0) is 17.1. The van der Waals surface area contributed by atoms with Gasteiger partial charge in [-0.25, -0.2) is 4.98 Å². The van der Waals surface area contributed by atoms with Gasteiger partial charge in [0.05, 0.1) is 11.0 Å². The average Bonchev–Trinajstić information content (AvgIpc) is 3.19. The van der Waals surface area contributed by atoms with Crippen LogP contribution in [0.3, 0.4) is 0 Å². The molecule has 1 amide bonds. The summed E-state index contributed by atoms with van der Waals surface area (Å²) in [6.45, 7) is 5.81. The minimum Gasteiger partial charge on any atom is -0.345 e. The highest BCUT2D eigenvalue weighted by molar-refractivity contribution is 5.77. The zero-order valence-electron chi connectivity index (χ0n) is 14.0. The van der Waals surface area contributed by atoms with E-state index in [-0.39, 0.29) is 17.9 Å². The number of aromatic nitrogens is 4. The van der Waals surface area contributed by atoms with Crippen molar-refractivity contribution < 1.29 is 9.32 Å². The normalized spacial score (nSPS) is 12.7. The first-order valence-electron chi connectivity index (χ1n) is 8.09. The van der Waals surface area contributed by atoms with Crippen LogP contribution in [0.1, 0.15) is 56.7 Å². The number of H-pyrrole nitrogens is 1. The van der Waals surface area contributed by atoms with E-state index in [0.29, 0.717) is 24.6 Å². The van der Waals surface area contributed by atoms with Crippen LogP contribution >= 0.6 is 0 Å². The van der Waals surface area contributed by atoms with Crippen molar-refractivity contribution in [3.05, 3.63) is 41.8 Å². The van der Waals surface area contributed by atoms with Crippen LogP contribution in [0.2, 0.25) is 0 Å². The van der Waals surface area contributed by atoms with Gasteiger partial charge in [0.25, 0.3) is 0 Å². The lowest BCUT2D eigenvalue weighted by Gasteiger charge is -2.09. The van der Waals surface area contributed by atoms with Gasteiger partial charge in [-0.3, -0.25) is 4.79 Å². The van der Waals surface area contributed by atoms with Gasteiger partial charge in [0.2, 0.25) is 11.8 Å². The SMILES string of the molecule is CC(C)c1noc(C(C)NC(=O)CCc2nc3ccccc3[nH]2)n1. The number of hydrogen-bond acceptors (Lipinski definition) is 5. The van der Waals surface area contributed by atoms with E-state index in [4.69, 9.17) is 4.52 Å². The van der Waals surface area contributed by atoms with Crippen molar-refractivity contribution >= 4 is 16.9 Å². The molecule has 3 rings (SSSR count). The van der Waals surface area contributed by atoms with Crippen LogP contribution in [0.4, 0.5) is 0 Å². The van der Waals surface area contributed by atoms with Gasteiger partial charge in [-0.15, -0.1) is 0 Å². The lowest BCUT2D eigenvalue weighted by molar-refractivity contribution is -0.121. The number of nitrogens with one attached hydrogen (secondary N) is 2. The molecule has 0 bridgehead atoms. The molecule has 1 aromatic carbocycles. The first-order chi connectivity index (χ1) is 11.5. The fourth-order valence-electron chi connectivity index (χ4n) is 2.39. The third kappa shape index (κ3) is 3.61. The fourth-order valence-corrected chi connectivity index (χ4v) is 2.39. The lowest BCUT2D eigenvalue weighted by Crippen LogP contribution is -2.27. The molecule has 0 fully saturated rings. The monoisotopic (exact) mass is 327 g/mol. The van der Waals surface area contributed by atoms with Crippen LogP contribution in [0.25, 0.3) is 11.0 Å². The van der Waals surface area contributed by atoms with E-state index in [1.165, 1.54) is 0 Å². The molecular formula is C17H21N5O2. The molecule has 0 saturated carbocycles. The molecule has 126 valence electrons. The molecule has 7 nitrogen and oxygen atoms in total. The lowest BCUT2D eigenvalue weighted by atomic mass is 10.2. The second-order valence-corrected chi connectivity index (χ2v) is 6.14. The molecule has 24 heavy (non-hydrogen) atoms. The number of carbonyl (C=O) groups is 1. The maximum absolute atomic E-state index is 12.1. The van der Waals surface area contributed by atoms with Gasteiger partial charge in [-0.1, -0.05) is 31.1 Å². The van der Waals surface area contributed by atoms with Crippen molar-refractivity contribution in [2.45, 2.75) is 45.6 Å². The van der Waals surface area contributed by atoms with E-state index in [0.717, 1.165) is 16.9 Å². The Bertz CT molecular complexity index is 803. The quantitative estimate of drug-likeness (QED) is 0.725. The Morgan fingerprint density at radius 3 is 2.75 bits per heavy atom. The number of fused-ring (bicyclic) bond motifs is 1. The standard InChI is InChI=1S/C17H21N5O2/c1-10(2)16-21-17(24-22-16)11(3)18-15(23)9-8-14-19-12-6-4-5-7-13(12)20-14/h4-7,10-11H,8-9H2,1-3H3,(H,18,23)(H,19,20). The van der Waals surface area contributed by atoms with E-state index in [9.17, 15) is 4.79 Å². The number of rotatable bonds is 6. The van der Waals surface area contributed by atoms with Crippen molar-refractivity contribution in [2.24, 2.45) is 0 Å². The number of carbonyl (C=O) groups excluding carboxylic acids is 1. The molecule has 0 aliphatic carbocycles. The molecule has 0 spiro atoms. The highest BCUT2D eigenvalue weighted by atomic mass is 16.5. The van der Waals surface area contributed by atoms with E-state index < -0.39 is 0 Å². The van der Waals surface area contributed by atoms with Gasteiger partial charge in [0.15, 0.2) is 5.82 Å². The Labute approximate surface area is 139 Å². The van der Waals surface area contributed by atoms with Crippen LogP contribution in [-0.2, 0) is 11.2 Å². The zero-order valence-corrected chi connectivity index (χ0v) is 14.0. The number of amides is 1. The number of aromatic amines is 1. The van der Waals surface area contributed by atoms with Crippen molar-refractivity contribution in [2.75, 3.05) is 0 Å². The first-order valence-corrected chi connectivity index (χ1v) is 8.09. The van der Waals surface area contributed by atoms with Gasteiger partial charge in [-0.05, 0) is 19.1 Å². The summed E-state index contributed by atoms with van der Waals surface area (Å²) >= 11 is 0. The highest BCUT2D eigenvalue weighted by Crippen LogP contribution is 2.15. The van der Waals surface area contributed by atoms with Crippen LogP contribution in [0, 0.1) is 0 Å². The Kier molecular flexibility index (Phi) is 4.59. The molecule has 2 aromatic heterocycles. The molecule has 7 heteroatoms. The molecule has 1 atom stereocenters. The predicted octanol–water partition coefficient (Wildman–Crippen LogP) is 2.88. The second-order valence-electron chi connectivity index (χ2n) is 6.14. The Balaban J connectivity index is 1.54. The molecule has 0 radical (unpaired) electrons. The summed E-state index contributed by atoms with van der Waals surface area (Å²) < 4.78 is 5.20. The maximum atomic E-state index is 12.1. The van der Waals surface area contributed by atoms with Gasteiger partial charge in [0.1, 0.15) is 11.9 Å². The fraction of sp³-hybridized carbons (Fsp3) is 0.412. The van der Waals surface area contributed by atoms with Crippen molar-refractivity contribution in [1.82, 2.24) is 25.4 Å². The molecular weight excluding hydrogens is 306 g/mol. The molecule has 0 aliphatic rings. The average molecular weight is 327 g/mol. The smallest absolute Gasteiger partial charge is 0.248 e. The van der Waals surface area contributed by atoms with Gasteiger partial charge in [0, 0.05) is 18.8 Å². The summed E-state index contributed by atoms with van der Waals surface area (Å²) in [5.74, 6) is 1.99. The van der Waals surface area contributed by atoms with E-state index >= 15 is 0 Å². The topological polar surface area (TPSA) is 96.7 Å². The van der Waals surface area contributed by atoms with Crippen molar-refractivity contribution in [3.63, 3.8) is 0 Å². The molecule has 1 unspecified atom stereocenters. The molecule has 2 N–H and O–H groups in total. The predicted molar refractivity (Wildman–Crippen MR) is 89.4 cm³/mol. The van der Waals surface area contributed by atoms with Gasteiger partial charge < -0.3 is 14.8 Å². The van der Waals surface area contributed by atoms with E-state index in [1.54, 1.807) is 0 Å². The minimum absolute atomic E-state index is 0.0766. The molecule has 2 heterocycles. The second kappa shape index (κ2) is 6.82. The summed E-state index contributed by atoms with van der Waals surface area (Å²) in [5, 5.41) is 6.79. The number of aryl methyl sites for hydroxylation is 1. The summed E-state index contributed by atoms with van der Waals surface area (Å²) in [6.07, 6.45) is 0.893. The molecule has 0 saturated heterocycles. The van der Waals surface area contributed by atoms with Gasteiger partial charge >= 0.3 is 0 Å². The Morgan fingerprint density at radius 1 is 1.25 bits per heavy atom. The van der Waals surface area contributed by atoms with E-state index in [1.807, 2.05) is 45.0 Å². The number of imidazole rings is 1. The van der Waals surface area contributed by atoms with E-state index in [2.05, 4.69) is 25.4 Å². The largest absolute Gasteiger partial charge is 0.345 e. The maximum Gasteiger partial charge on any atom is 0.248 e. The van der Waals surface area contributed by atoms with Crippen molar-refractivity contribution in [3.8, 4) is 0 Å². The summed E-state index contributed by atoms with van der Waals surface area (Å²) in [7, 11) is 0. The number of hydrogen-bond donors (Lipinski definition) is 2.